The van der Waals surface area contributed by atoms with Crippen LogP contribution in [-0.4, -0.2) is 18.3 Å². The lowest BCUT2D eigenvalue weighted by molar-refractivity contribution is 0.447. The third kappa shape index (κ3) is 6.48. The second-order valence-electron chi connectivity index (χ2n) is 4.21. The van der Waals surface area contributed by atoms with Crippen LogP contribution in [0.1, 0.15) is 26.7 Å². The summed E-state index contributed by atoms with van der Waals surface area (Å²) >= 11 is 0. The molecule has 0 N–H and O–H groups in total. The van der Waals surface area contributed by atoms with Crippen LogP contribution < -0.4 is 0 Å². The molecule has 0 bridgehead atoms. The van der Waals surface area contributed by atoms with Gasteiger partial charge < -0.3 is 0 Å². The van der Waals surface area contributed by atoms with Gasteiger partial charge in [0, 0.05) is 5.75 Å². The van der Waals surface area contributed by atoms with E-state index in [9.17, 15) is 3.89 Å². The number of nitrogens with zero attached hydrogens (tertiary/aromatic N) is 1. The maximum Gasteiger partial charge on any atom is 0.0683 e. The van der Waals surface area contributed by atoms with Crippen molar-refractivity contribution in [2.24, 2.45) is 5.41 Å². The van der Waals surface area contributed by atoms with E-state index in [0.29, 0.717) is 5.75 Å². The number of hydrogen-bond acceptors (Lipinski definition) is 1. The summed E-state index contributed by atoms with van der Waals surface area (Å²) in [7, 11) is -1.86. The van der Waals surface area contributed by atoms with Crippen LogP contribution in [0.25, 0.3) is 0 Å². The van der Waals surface area contributed by atoms with Crippen molar-refractivity contribution >= 4 is 10.4 Å². The zero-order valence-electron chi connectivity index (χ0n) is 8.35. The van der Waals surface area contributed by atoms with Crippen molar-refractivity contribution in [2.45, 2.75) is 26.7 Å². The molecule has 0 fully saturated rings. The first-order valence-electron chi connectivity index (χ1n) is 4.09. The number of rotatable bonds is 4. The SMILES string of the molecule is CC(C)(C#N)CCCS(C)(C)F. The fourth-order valence-electron chi connectivity index (χ4n) is 0.913. The molecule has 0 amide bonds. The summed E-state index contributed by atoms with van der Waals surface area (Å²) in [6.07, 6.45) is 4.93. The van der Waals surface area contributed by atoms with Gasteiger partial charge in [-0.15, -0.1) is 0 Å². The molecule has 12 heavy (non-hydrogen) atoms. The van der Waals surface area contributed by atoms with Crippen molar-refractivity contribution in [3.8, 4) is 6.07 Å². The molecule has 0 aliphatic heterocycles. The van der Waals surface area contributed by atoms with Gasteiger partial charge in [0.25, 0.3) is 0 Å². The van der Waals surface area contributed by atoms with Gasteiger partial charge in [-0.3, -0.25) is 0 Å². The topological polar surface area (TPSA) is 23.8 Å². The average molecular weight is 191 g/mol. The average Bonchev–Trinajstić information content (AvgIpc) is 1.84. The second-order valence-corrected chi connectivity index (χ2v) is 7.42. The Hall–Kier alpha value is -0.230. The largest absolute Gasteiger partial charge is 0.198 e. The summed E-state index contributed by atoms with van der Waals surface area (Å²) in [5, 5.41) is 8.69. The molecule has 0 rings (SSSR count). The molecule has 0 radical (unpaired) electrons. The third-order valence-electron chi connectivity index (χ3n) is 1.73. The molecule has 0 aliphatic carbocycles. The Morgan fingerprint density at radius 3 is 2.25 bits per heavy atom. The molecule has 0 aromatic rings. The molecule has 0 aromatic heterocycles. The van der Waals surface area contributed by atoms with Gasteiger partial charge in [-0.05, 0) is 39.2 Å². The highest BCUT2D eigenvalue weighted by Crippen LogP contribution is 2.42. The first-order chi connectivity index (χ1) is 5.27. The maximum absolute atomic E-state index is 13.1. The van der Waals surface area contributed by atoms with Crippen molar-refractivity contribution < 1.29 is 3.89 Å². The predicted octanol–water partition coefficient (Wildman–Crippen LogP) is 3.27. The van der Waals surface area contributed by atoms with Crippen molar-refractivity contribution in [3.63, 3.8) is 0 Å². The summed E-state index contributed by atoms with van der Waals surface area (Å²) in [6, 6.07) is 2.21. The van der Waals surface area contributed by atoms with E-state index < -0.39 is 10.4 Å². The van der Waals surface area contributed by atoms with Gasteiger partial charge in [0.1, 0.15) is 0 Å². The van der Waals surface area contributed by atoms with Crippen molar-refractivity contribution in [1.82, 2.24) is 0 Å². The van der Waals surface area contributed by atoms with Crippen LogP contribution in [0.3, 0.4) is 0 Å². The van der Waals surface area contributed by atoms with Crippen LogP contribution >= 0.6 is 10.4 Å². The Balaban J connectivity index is 3.66. The van der Waals surface area contributed by atoms with Crippen molar-refractivity contribution in [2.75, 3.05) is 18.3 Å². The smallest absolute Gasteiger partial charge is 0.0683 e. The molecule has 0 aromatic carbocycles. The molecule has 0 saturated carbocycles. The standard InChI is InChI=1S/C9H18FNS/c1-9(2,8-11)6-5-7-12(3,4)10/h5-7H2,1-4H3. The van der Waals surface area contributed by atoms with E-state index in [1.165, 1.54) is 0 Å². The van der Waals surface area contributed by atoms with Gasteiger partial charge in [-0.2, -0.15) is 9.15 Å². The van der Waals surface area contributed by atoms with Crippen LogP contribution in [-0.2, 0) is 0 Å². The van der Waals surface area contributed by atoms with Crippen LogP contribution in [0.5, 0.6) is 0 Å². The number of nitriles is 1. The highest BCUT2D eigenvalue weighted by molar-refractivity contribution is 8.28. The first kappa shape index (κ1) is 11.8. The normalized spacial score (nSPS) is 14.0. The van der Waals surface area contributed by atoms with Crippen molar-refractivity contribution in [3.05, 3.63) is 0 Å². The third-order valence-corrected chi connectivity index (χ3v) is 2.99. The van der Waals surface area contributed by atoms with Gasteiger partial charge >= 0.3 is 0 Å². The summed E-state index contributed by atoms with van der Waals surface area (Å²) < 4.78 is 13.1. The Morgan fingerprint density at radius 2 is 1.92 bits per heavy atom. The van der Waals surface area contributed by atoms with E-state index in [1.54, 1.807) is 12.5 Å². The fraction of sp³-hybridized carbons (Fsp3) is 0.889. The molecule has 0 spiro atoms. The molecular formula is C9H18FNS. The Kier molecular flexibility index (Phi) is 4.05. The minimum Gasteiger partial charge on any atom is -0.198 e. The van der Waals surface area contributed by atoms with E-state index in [0.717, 1.165) is 12.8 Å². The molecule has 0 atom stereocenters. The molecule has 0 unspecified atom stereocenters. The minimum absolute atomic E-state index is 0.287. The highest BCUT2D eigenvalue weighted by atomic mass is 32.3. The molecule has 3 heteroatoms. The lowest BCUT2D eigenvalue weighted by Crippen LogP contribution is -2.09. The Bertz CT molecular complexity index is 176. The molecule has 1 nitrogen and oxygen atoms in total. The van der Waals surface area contributed by atoms with E-state index in [2.05, 4.69) is 6.07 Å². The highest BCUT2D eigenvalue weighted by Gasteiger charge is 2.17. The lowest BCUT2D eigenvalue weighted by Gasteiger charge is -2.21. The van der Waals surface area contributed by atoms with Crippen LogP contribution in [0.15, 0.2) is 0 Å². The Labute approximate surface area is 76.6 Å². The van der Waals surface area contributed by atoms with Gasteiger partial charge in [0.2, 0.25) is 0 Å². The Morgan fingerprint density at radius 1 is 1.42 bits per heavy atom. The molecule has 0 saturated heterocycles. The maximum atomic E-state index is 13.1. The zero-order chi connectivity index (χ0) is 9.83. The minimum atomic E-state index is -1.86. The van der Waals surface area contributed by atoms with E-state index in [-0.39, 0.29) is 5.41 Å². The van der Waals surface area contributed by atoms with Gasteiger partial charge in [0.05, 0.1) is 11.5 Å². The fourth-order valence-corrected chi connectivity index (χ4v) is 1.74. The molecular weight excluding hydrogens is 173 g/mol. The summed E-state index contributed by atoms with van der Waals surface area (Å²) in [5.41, 5.74) is -0.287. The quantitative estimate of drug-likeness (QED) is 0.669. The summed E-state index contributed by atoms with van der Waals surface area (Å²) in [4.78, 5) is 0. The van der Waals surface area contributed by atoms with E-state index in [1.807, 2.05) is 13.8 Å². The predicted molar refractivity (Wildman–Crippen MR) is 54.0 cm³/mol. The van der Waals surface area contributed by atoms with Crippen LogP contribution in [0.2, 0.25) is 0 Å². The zero-order valence-corrected chi connectivity index (χ0v) is 9.17. The second kappa shape index (κ2) is 4.13. The van der Waals surface area contributed by atoms with Crippen LogP contribution in [0.4, 0.5) is 3.89 Å². The lowest BCUT2D eigenvalue weighted by atomic mass is 9.90. The molecule has 0 aliphatic rings. The van der Waals surface area contributed by atoms with Gasteiger partial charge in [-0.25, -0.2) is 0 Å². The molecule has 0 heterocycles. The number of hydrogen-bond donors (Lipinski definition) is 0. The van der Waals surface area contributed by atoms with E-state index >= 15 is 0 Å². The number of halogens is 1. The molecule has 72 valence electrons. The first-order valence-corrected chi connectivity index (χ1v) is 6.61. The summed E-state index contributed by atoms with van der Waals surface area (Å²) in [6.45, 7) is 3.79. The van der Waals surface area contributed by atoms with Gasteiger partial charge in [-0.1, -0.05) is 10.4 Å². The monoisotopic (exact) mass is 191 g/mol. The van der Waals surface area contributed by atoms with Crippen LogP contribution in [0, 0.1) is 16.7 Å². The van der Waals surface area contributed by atoms with E-state index in [4.69, 9.17) is 5.26 Å². The van der Waals surface area contributed by atoms with Crippen molar-refractivity contribution in [1.29, 1.82) is 5.26 Å². The van der Waals surface area contributed by atoms with Gasteiger partial charge in [0.15, 0.2) is 0 Å². The summed E-state index contributed by atoms with van der Waals surface area (Å²) in [5.74, 6) is 0.623.